The van der Waals surface area contributed by atoms with Crippen LogP contribution >= 0.6 is 11.3 Å². The van der Waals surface area contributed by atoms with E-state index in [1.165, 1.54) is 41.9 Å². The predicted octanol–water partition coefficient (Wildman–Crippen LogP) is 4.97. The Balaban J connectivity index is 1.57. The van der Waals surface area contributed by atoms with Crippen molar-refractivity contribution in [2.75, 3.05) is 0 Å². The standard InChI is InChI=1S/C24H24N2O4S/c1-14(26-23(27)21-15(2)31-13-25-21)22(18-7-5-17(6-8-18)16-3-4-16)30-20-11-9-19(10-12-20)24(28)29/h5-14,16,22H,3-4H2,1-2H3,(H,26,27)(H,28,29)/t14-,22-/m0/s1. The molecule has 2 aromatic carbocycles. The predicted molar refractivity (Wildman–Crippen MR) is 119 cm³/mol. The van der Waals surface area contributed by atoms with Crippen molar-refractivity contribution in [3.05, 3.63) is 81.3 Å². The third kappa shape index (κ3) is 4.94. The molecule has 1 aliphatic carbocycles. The van der Waals surface area contributed by atoms with Crippen molar-refractivity contribution < 1.29 is 19.4 Å². The van der Waals surface area contributed by atoms with Crippen molar-refractivity contribution in [3.8, 4) is 5.75 Å². The molecular weight excluding hydrogens is 412 g/mol. The molecule has 0 bridgehead atoms. The number of rotatable bonds is 8. The van der Waals surface area contributed by atoms with E-state index in [0.29, 0.717) is 17.4 Å². The summed E-state index contributed by atoms with van der Waals surface area (Å²) >= 11 is 1.43. The number of aromatic carboxylic acids is 1. The largest absolute Gasteiger partial charge is 0.484 e. The van der Waals surface area contributed by atoms with Crippen LogP contribution in [-0.4, -0.2) is 28.0 Å². The molecule has 1 saturated carbocycles. The quantitative estimate of drug-likeness (QED) is 0.521. The number of hydrogen-bond acceptors (Lipinski definition) is 5. The van der Waals surface area contributed by atoms with Crippen LogP contribution in [0.2, 0.25) is 0 Å². The van der Waals surface area contributed by atoms with Gasteiger partial charge in [0.25, 0.3) is 5.91 Å². The molecule has 3 aromatic rings. The molecule has 2 atom stereocenters. The summed E-state index contributed by atoms with van der Waals surface area (Å²) in [4.78, 5) is 28.9. The number of nitrogens with one attached hydrogen (secondary N) is 1. The van der Waals surface area contributed by atoms with E-state index in [9.17, 15) is 9.59 Å². The van der Waals surface area contributed by atoms with E-state index in [0.717, 1.165) is 10.4 Å². The second kappa shape index (κ2) is 8.89. The van der Waals surface area contributed by atoms with Gasteiger partial charge in [-0.15, -0.1) is 11.3 Å². The molecule has 1 amide bonds. The highest BCUT2D eigenvalue weighted by molar-refractivity contribution is 7.09. The summed E-state index contributed by atoms with van der Waals surface area (Å²) in [6, 6.07) is 14.3. The number of benzene rings is 2. The first kappa shape index (κ1) is 21.1. The lowest BCUT2D eigenvalue weighted by atomic mass is 10.00. The van der Waals surface area contributed by atoms with Crippen LogP contribution in [0.4, 0.5) is 0 Å². The maximum Gasteiger partial charge on any atom is 0.335 e. The number of ether oxygens (including phenoxy) is 1. The highest BCUT2D eigenvalue weighted by atomic mass is 32.1. The number of carboxylic acids is 1. The Morgan fingerprint density at radius 1 is 1.13 bits per heavy atom. The molecule has 0 saturated heterocycles. The molecule has 31 heavy (non-hydrogen) atoms. The molecule has 6 nitrogen and oxygen atoms in total. The van der Waals surface area contributed by atoms with Crippen LogP contribution < -0.4 is 10.1 Å². The lowest BCUT2D eigenvalue weighted by Crippen LogP contribution is -2.39. The number of amides is 1. The van der Waals surface area contributed by atoms with E-state index in [-0.39, 0.29) is 17.5 Å². The van der Waals surface area contributed by atoms with Crippen molar-refractivity contribution in [1.29, 1.82) is 0 Å². The molecule has 4 rings (SSSR count). The zero-order valence-electron chi connectivity index (χ0n) is 17.4. The zero-order chi connectivity index (χ0) is 22.0. The molecule has 0 spiro atoms. The Morgan fingerprint density at radius 2 is 1.81 bits per heavy atom. The molecule has 2 N–H and O–H groups in total. The summed E-state index contributed by atoms with van der Waals surface area (Å²) in [5.41, 5.74) is 4.53. The molecule has 0 aliphatic heterocycles. The number of nitrogens with zero attached hydrogens (tertiary/aromatic N) is 1. The number of carbonyl (C=O) groups is 2. The third-order valence-electron chi connectivity index (χ3n) is 5.45. The summed E-state index contributed by atoms with van der Waals surface area (Å²) in [7, 11) is 0. The van der Waals surface area contributed by atoms with Crippen molar-refractivity contribution in [2.45, 2.75) is 44.8 Å². The van der Waals surface area contributed by atoms with Gasteiger partial charge in [-0.2, -0.15) is 0 Å². The molecule has 1 aliphatic rings. The minimum atomic E-state index is -0.988. The maximum atomic E-state index is 12.7. The number of aromatic nitrogens is 1. The van der Waals surface area contributed by atoms with Crippen LogP contribution in [0.1, 0.15) is 68.6 Å². The van der Waals surface area contributed by atoms with E-state index in [2.05, 4.69) is 22.4 Å². The maximum absolute atomic E-state index is 12.7. The first-order valence-electron chi connectivity index (χ1n) is 10.2. The second-order valence-electron chi connectivity index (χ2n) is 7.83. The van der Waals surface area contributed by atoms with E-state index >= 15 is 0 Å². The zero-order valence-corrected chi connectivity index (χ0v) is 18.2. The summed E-state index contributed by atoms with van der Waals surface area (Å²) in [5, 5.41) is 12.1. The molecule has 1 aromatic heterocycles. The topological polar surface area (TPSA) is 88.5 Å². The number of carbonyl (C=O) groups excluding carboxylic acids is 1. The van der Waals surface area contributed by atoms with E-state index in [1.54, 1.807) is 17.6 Å². The summed E-state index contributed by atoms with van der Waals surface area (Å²) in [5.74, 6) is -0.0392. The van der Waals surface area contributed by atoms with Crippen LogP contribution in [0, 0.1) is 6.92 Å². The molecule has 160 valence electrons. The van der Waals surface area contributed by atoms with Gasteiger partial charge in [-0.25, -0.2) is 9.78 Å². The summed E-state index contributed by atoms with van der Waals surface area (Å²) < 4.78 is 6.24. The number of hydrogen-bond donors (Lipinski definition) is 2. The molecule has 1 fully saturated rings. The fourth-order valence-electron chi connectivity index (χ4n) is 3.53. The normalized spacial score (nSPS) is 15.2. The van der Waals surface area contributed by atoms with E-state index < -0.39 is 12.1 Å². The molecule has 7 heteroatoms. The van der Waals surface area contributed by atoms with Crippen LogP contribution in [0.15, 0.2) is 54.0 Å². The van der Waals surface area contributed by atoms with Gasteiger partial charge in [0.2, 0.25) is 0 Å². The van der Waals surface area contributed by atoms with Gasteiger partial charge >= 0.3 is 5.97 Å². The molecule has 1 heterocycles. The first-order chi connectivity index (χ1) is 14.9. The Kier molecular flexibility index (Phi) is 6.04. The number of carboxylic acid groups (broad SMARTS) is 1. The van der Waals surface area contributed by atoms with Gasteiger partial charge in [-0.05, 0) is 68.0 Å². The smallest absolute Gasteiger partial charge is 0.335 e. The molecule has 0 radical (unpaired) electrons. The van der Waals surface area contributed by atoms with Gasteiger partial charge in [-0.1, -0.05) is 24.3 Å². The lowest BCUT2D eigenvalue weighted by Gasteiger charge is -2.26. The average molecular weight is 437 g/mol. The lowest BCUT2D eigenvalue weighted by molar-refractivity contribution is 0.0696. The summed E-state index contributed by atoms with van der Waals surface area (Å²) in [6.07, 6.45) is 2.01. The minimum Gasteiger partial charge on any atom is -0.484 e. The highest BCUT2D eigenvalue weighted by Crippen LogP contribution is 2.40. The van der Waals surface area contributed by atoms with Gasteiger partial charge in [-0.3, -0.25) is 4.79 Å². The highest BCUT2D eigenvalue weighted by Gasteiger charge is 2.27. The van der Waals surface area contributed by atoms with Crippen molar-refractivity contribution in [3.63, 3.8) is 0 Å². The van der Waals surface area contributed by atoms with Crippen LogP contribution in [0.5, 0.6) is 5.75 Å². The Bertz CT molecular complexity index is 1070. The van der Waals surface area contributed by atoms with Crippen LogP contribution in [-0.2, 0) is 0 Å². The molecule has 0 unspecified atom stereocenters. The first-order valence-corrected chi connectivity index (χ1v) is 11.1. The fourth-order valence-corrected chi connectivity index (χ4v) is 4.10. The van der Waals surface area contributed by atoms with Gasteiger partial charge in [0, 0.05) is 4.88 Å². The van der Waals surface area contributed by atoms with Crippen molar-refractivity contribution in [1.82, 2.24) is 10.3 Å². The van der Waals surface area contributed by atoms with E-state index in [4.69, 9.17) is 9.84 Å². The number of aryl methyl sites for hydroxylation is 1. The Hall–Kier alpha value is -3.19. The average Bonchev–Trinajstić information content (AvgIpc) is 3.52. The molecular formula is C24H24N2O4S. The fraction of sp³-hybridized carbons (Fsp3) is 0.292. The Labute approximate surface area is 184 Å². The number of thiazole rings is 1. The van der Waals surface area contributed by atoms with Crippen molar-refractivity contribution >= 4 is 23.2 Å². The minimum absolute atomic E-state index is 0.193. The van der Waals surface area contributed by atoms with Crippen molar-refractivity contribution in [2.24, 2.45) is 0 Å². The monoisotopic (exact) mass is 436 g/mol. The van der Waals surface area contributed by atoms with Gasteiger partial charge in [0.15, 0.2) is 0 Å². The van der Waals surface area contributed by atoms with Gasteiger partial charge < -0.3 is 15.2 Å². The van der Waals surface area contributed by atoms with Crippen LogP contribution in [0.25, 0.3) is 0 Å². The van der Waals surface area contributed by atoms with Crippen LogP contribution in [0.3, 0.4) is 0 Å². The van der Waals surface area contributed by atoms with Gasteiger partial charge in [0.05, 0.1) is 17.1 Å². The summed E-state index contributed by atoms with van der Waals surface area (Å²) in [6.45, 7) is 3.76. The SMILES string of the molecule is Cc1scnc1C(=O)N[C@@H](C)[C@H](Oc1ccc(C(=O)O)cc1)c1ccc(C2CC2)cc1. The third-order valence-corrected chi connectivity index (χ3v) is 6.21. The second-order valence-corrected chi connectivity index (χ2v) is 8.89. The van der Waals surface area contributed by atoms with E-state index in [1.807, 2.05) is 26.0 Å². The Morgan fingerprint density at radius 3 is 2.35 bits per heavy atom. The van der Waals surface area contributed by atoms with Gasteiger partial charge in [0.1, 0.15) is 17.5 Å².